The van der Waals surface area contributed by atoms with Gasteiger partial charge in [-0.2, -0.15) is 0 Å². The van der Waals surface area contributed by atoms with Crippen LogP contribution in [0.5, 0.6) is 0 Å². The Balaban J connectivity index is 1.29. The standard InChI is InChI=1S/C24H25F2N3O2/c25-21-11-18(15-30)24(12-22(21)26)28-19-5-7-29(8-6-19)14-20(31)10-16-9-17-3-1-2-4-23(17)27-13-16/h1-4,9,11-13,19,28,30H,5-8,10,14-15H2. The first-order chi connectivity index (χ1) is 15.0. The van der Waals surface area contributed by atoms with E-state index in [0.29, 0.717) is 24.2 Å². The number of halogens is 2. The van der Waals surface area contributed by atoms with Crippen LogP contribution in [0, 0.1) is 11.6 Å². The lowest BCUT2D eigenvalue weighted by atomic mass is 10.0. The van der Waals surface area contributed by atoms with Crippen LogP contribution in [-0.4, -0.2) is 46.4 Å². The molecular formula is C24H25F2N3O2. The van der Waals surface area contributed by atoms with Gasteiger partial charge in [-0.3, -0.25) is 14.7 Å². The van der Waals surface area contributed by atoms with Gasteiger partial charge in [0, 0.05) is 54.5 Å². The second-order valence-electron chi connectivity index (χ2n) is 8.03. The van der Waals surface area contributed by atoms with Crippen molar-refractivity contribution in [2.75, 3.05) is 25.0 Å². The average Bonchev–Trinajstić information content (AvgIpc) is 2.77. The molecule has 2 N–H and O–H groups in total. The molecule has 0 amide bonds. The Morgan fingerprint density at radius 2 is 1.87 bits per heavy atom. The lowest BCUT2D eigenvalue weighted by Gasteiger charge is -2.32. The number of nitrogens with zero attached hydrogens (tertiary/aromatic N) is 2. The molecule has 31 heavy (non-hydrogen) atoms. The van der Waals surface area contributed by atoms with Gasteiger partial charge in [0.15, 0.2) is 17.4 Å². The van der Waals surface area contributed by atoms with Gasteiger partial charge in [-0.05, 0) is 36.6 Å². The highest BCUT2D eigenvalue weighted by Crippen LogP contribution is 2.24. The number of piperidine rings is 1. The highest BCUT2D eigenvalue weighted by atomic mass is 19.2. The van der Waals surface area contributed by atoms with Gasteiger partial charge < -0.3 is 10.4 Å². The second-order valence-corrected chi connectivity index (χ2v) is 8.03. The summed E-state index contributed by atoms with van der Waals surface area (Å²) < 4.78 is 26.9. The van der Waals surface area contributed by atoms with Gasteiger partial charge in [0.25, 0.3) is 0 Å². The van der Waals surface area contributed by atoms with E-state index in [1.165, 1.54) is 0 Å². The number of pyridine rings is 1. The summed E-state index contributed by atoms with van der Waals surface area (Å²) in [5.41, 5.74) is 2.58. The maximum absolute atomic E-state index is 13.6. The molecule has 1 aliphatic heterocycles. The van der Waals surface area contributed by atoms with Crippen LogP contribution in [0.3, 0.4) is 0 Å². The molecule has 7 heteroatoms. The number of rotatable bonds is 7. The zero-order chi connectivity index (χ0) is 21.8. The Bertz CT molecular complexity index is 1080. The number of aliphatic hydroxyl groups is 1. The van der Waals surface area contributed by atoms with E-state index in [1.54, 1.807) is 6.20 Å². The third-order valence-corrected chi connectivity index (χ3v) is 5.71. The number of aliphatic hydroxyl groups excluding tert-OH is 1. The third-order valence-electron chi connectivity index (χ3n) is 5.71. The number of benzene rings is 2. The molecule has 2 aromatic carbocycles. The van der Waals surface area contributed by atoms with Gasteiger partial charge in [0.05, 0.1) is 18.7 Å². The zero-order valence-electron chi connectivity index (χ0n) is 17.2. The topological polar surface area (TPSA) is 65.5 Å². The molecule has 0 spiro atoms. The molecule has 1 saturated heterocycles. The first-order valence-corrected chi connectivity index (χ1v) is 10.4. The van der Waals surface area contributed by atoms with Crippen molar-refractivity contribution in [2.45, 2.75) is 31.9 Å². The van der Waals surface area contributed by atoms with Gasteiger partial charge in [0.2, 0.25) is 0 Å². The fourth-order valence-corrected chi connectivity index (χ4v) is 4.05. The molecule has 1 fully saturated rings. The summed E-state index contributed by atoms with van der Waals surface area (Å²) >= 11 is 0. The first kappa shape index (κ1) is 21.3. The van der Waals surface area contributed by atoms with E-state index >= 15 is 0 Å². The van der Waals surface area contributed by atoms with Crippen LogP contribution in [-0.2, 0) is 17.8 Å². The van der Waals surface area contributed by atoms with Crippen molar-refractivity contribution in [3.8, 4) is 0 Å². The smallest absolute Gasteiger partial charge is 0.160 e. The Morgan fingerprint density at radius 1 is 1.13 bits per heavy atom. The van der Waals surface area contributed by atoms with E-state index in [9.17, 15) is 18.7 Å². The molecule has 162 valence electrons. The van der Waals surface area contributed by atoms with Gasteiger partial charge in [-0.1, -0.05) is 18.2 Å². The average molecular weight is 425 g/mol. The van der Waals surface area contributed by atoms with Crippen molar-refractivity contribution >= 4 is 22.4 Å². The van der Waals surface area contributed by atoms with E-state index in [2.05, 4.69) is 15.2 Å². The van der Waals surface area contributed by atoms with Crippen LogP contribution in [0.25, 0.3) is 10.9 Å². The quantitative estimate of drug-likeness (QED) is 0.604. The van der Waals surface area contributed by atoms with Gasteiger partial charge in [-0.15, -0.1) is 0 Å². The highest BCUT2D eigenvalue weighted by Gasteiger charge is 2.22. The lowest BCUT2D eigenvalue weighted by Crippen LogP contribution is -2.41. The second kappa shape index (κ2) is 9.49. The molecule has 0 aliphatic carbocycles. The number of likely N-dealkylation sites (tertiary alicyclic amines) is 1. The SMILES string of the molecule is O=C(Cc1cnc2ccccc2c1)CN1CCC(Nc2cc(F)c(F)cc2CO)CC1. The zero-order valence-corrected chi connectivity index (χ0v) is 17.2. The molecule has 0 atom stereocenters. The van der Waals surface area contributed by atoms with E-state index in [4.69, 9.17) is 0 Å². The van der Waals surface area contributed by atoms with Crippen LogP contribution in [0.2, 0.25) is 0 Å². The molecule has 1 aromatic heterocycles. The minimum atomic E-state index is -0.968. The maximum Gasteiger partial charge on any atom is 0.160 e. The normalized spacial score (nSPS) is 15.3. The number of anilines is 1. The van der Waals surface area contributed by atoms with Gasteiger partial charge in [-0.25, -0.2) is 8.78 Å². The molecule has 1 aliphatic rings. The van der Waals surface area contributed by atoms with E-state index in [0.717, 1.165) is 54.5 Å². The first-order valence-electron chi connectivity index (χ1n) is 10.4. The molecule has 3 aromatic rings. The van der Waals surface area contributed by atoms with Crippen molar-refractivity contribution < 1.29 is 18.7 Å². The Labute approximate surface area is 179 Å². The molecule has 2 heterocycles. The number of hydrogen-bond acceptors (Lipinski definition) is 5. The van der Waals surface area contributed by atoms with E-state index in [-0.39, 0.29) is 18.4 Å². The fraction of sp³-hybridized carbons (Fsp3) is 0.333. The van der Waals surface area contributed by atoms with Crippen molar-refractivity contribution in [3.05, 3.63) is 71.4 Å². The molecule has 0 saturated carbocycles. The number of para-hydroxylation sites is 1. The van der Waals surface area contributed by atoms with Gasteiger partial charge >= 0.3 is 0 Å². The van der Waals surface area contributed by atoms with Crippen molar-refractivity contribution in [3.63, 3.8) is 0 Å². The minimum absolute atomic E-state index is 0.0752. The summed E-state index contributed by atoms with van der Waals surface area (Å²) in [5, 5.41) is 13.6. The predicted octanol–water partition coefficient (Wildman–Crippen LogP) is 3.69. The number of carbonyl (C=O) groups is 1. The number of fused-ring (bicyclic) bond motifs is 1. The number of aromatic nitrogens is 1. The summed E-state index contributed by atoms with van der Waals surface area (Å²) in [6.45, 7) is 1.48. The summed E-state index contributed by atoms with van der Waals surface area (Å²) in [6.07, 6.45) is 3.66. The maximum atomic E-state index is 13.6. The predicted molar refractivity (Wildman–Crippen MR) is 116 cm³/mol. The molecule has 4 rings (SSSR count). The number of nitrogens with one attached hydrogen (secondary N) is 1. The van der Waals surface area contributed by atoms with Crippen LogP contribution in [0.4, 0.5) is 14.5 Å². The third kappa shape index (κ3) is 5.24. The molecular weight excluding hydrogens is 400 g/mol. The number of carbonyl (C=O) groups excluding carboxylic acids is 1. The largest absolute Gasteiger partial charge is 0.392 e. The van der Waals surface area contributed by atoms with Gasteiger partial charge in [0.1, 0.15) is 0 Å². The van der Waals surface area contributed by atoms with Crippen LogP contribution < -0.4 is 5.32 Å². The number of hydrogen-bond donors (Lipinski definition) is 2. The highest BCUT2D eigenvalue weighted by molar-refractivity contribution is 5.85. The molecule has 0 bridgehead atoms. The lowest BCUT2D eigenvalue weighted by molar-refractivity contribution is -0.119. The van der Waals surface area contributed by atoms with Crippen molar-refractivity contribution in [2.24, 2.45) is 0 Å². The summed E-state index contributed by atoms with van der Waals surface area (Å²) in [4.78, 5) is 19.1. The van der Waals surface area contributed by atoms with Crippen LogP contribution in [0.15, 0.2) is 48.7 Å². The molecule has 0 unspecified atom stereocenters. The number of Topliss-reactive ketones (excluding diaryl/α,β-unsaturated/α-hetero) is 1. The monoisotopic (exact) mass is 425 g/mol. The number of ketones is 1. The van der Waals surface area contributed by atoms with Crippen LogP contribution >= 0.6 is 0 Å². The Kier molecular flexibility index (Phi) is 6.53. The minimum Gasteiger partial charge on any atom is -0.392 e. The summed E-state index contributed by atoms with van der Waals surface area (Å²) in [5.74, 6) is -1.76. The Morgan fingerprint density at radius 3 is 2.65 bits per heavy atom. The van der Waals surface area contributed by atoms with E-state index < -0.39 is 11.6 Å². The molecule has 0 radical (unpaired) electrons. The fourth-order valence-electron chi connectivity index (χ4n) is 4.05. The van der Waals surface area contributed by atoms with Crippen molar-refractivity contribution in [1.82, 2.24) is 9.88 Å². The summed E-state index contributed by atoms with van der Waals surface area (Å²) in [7, 11) is 0. The van der Waals surface area contributed by atoms with Crippen LogP contribution in [0.1, 0.15) is 24.0 Å². The Hall–Kier alpha value is -2.90. The van der Waals surface area contributed by atoms with Crippen molar-refractivity contribution in [1.29, 1.82) is 0 Å². The summed E-state index contributed by atoms with van der Waals surface area (Å²) in [6, 6.07) is 12.0. The molecule has 5 nitrogen and oxygen atoms in total. The van der Waals surface area contributed by atoms with E-state index in [1.807, 2.05) is 30.3 Å².